The lowest BCUT2D eigenvalue weighted by Crippen LogP contribution is -2.43. The van der Waals surface area contributed by atoms with Crippen molar-refractivity contribution in [2.45, 2.75) is 37.8 Å². The zero-order valence-electron chi connectivity index (χ0n) is 16.5. The predicted octanol–water partition coefficient (Wildman–Crippen LogP) is 4.82. The van der Waals surface area contributed by atoms with Gasteiger partial charge in [-0.2, -0.15) is 0 Å². The maximum Gasteiger partial charge on any atom is 0.244 e. The molecule has 1 saturated carbocycles. The quantitative estimate of drug-likeness (QED) is 0.727. The Kier molecular flexibility index (Phi) is 7.78. The monoisotopic (exact) mass is 402 g/mol. The van der Waals surface area contributed by atoms with Gasteiger partial charge in [-0.05, 0) is 63.0 Å². The van der Waals surface area contributed by atoms with Crippen molar-refractivity contribution in [1.82, 2.24) is 10.2 Å². The fourth-order valence-electron chi connectivity index (χ4n) is 3.90. The molecule has 0 aromatic heterocycles. The van der Waals surface area contributed by atoms with E-state index in [1.807, 2.05) is 6.07 Å². The van der Waals surface area contributed by atoms with Crippen LogP contribution in [-0.2, 0) is 16.9 Å². The number of benzene rings is 2. The van der Waals surface area contributed by atoms with Gasteiger partial charge in [-0.15, -0.1) is 12.4 Å². The highest BCUT2D eigenvalue weighted by atomic mass is 35.5. The first kappa shape index (κ1) is 22.1. The lowest BCUT2D eigenvalue weighted by molar-refractivity contribution is -0.116. The normalized spacial score (nSPS) is 19.1. The van der Waals surface area contributed by atoms with Crippen molar-refractivity contribution in [3.63, 3.8) is 0 Å². The summed E-state index contributed by atoms with van der Waals surface area (Å²) in [5, 5.41) is 2.89. The van der Waals surface area contributed by atoms with Gasteiger partial charge < -0.3 is 5.32 Å². The highest BCUT2D eigenvalue weighted by Gasteiger charge is 2.37. The molecule has 0 bridgehead atoms. The number of hydrogen-bond donors (Lipinski definition) is 1. The highest BCUT2D eigenvalue weighted by Crippen LogP contribution is 2.42. The third-order valence-corrected chi connectivity index (χ3v) is 5.60. The van der Waals surface area contributed by atoms with Gasteiger partial charge in [-0.25, -0.2) is 4.39 Å². The van der Waals surface area contributed by atoms with Crippen LogP contribution in [0.15, 0.2) is 66.2 Å². The topological polar surface area (TPSA) is 32.3 Å². The zero-order valence-corrected chi connectivity index (χ0v) is 17.3. The van der Waals surface area contributed by atoms with E-state index >= 15 is 0 Å². The van der Waals surface area contributed by atoms with Crippen LogP contribution < -0.4 is 5.32 Å². The molecular weight excluding hydrogens is 375 g/mol. The van der Waals surface area contributed by atoms with Crippen molar-refractivity contribution in [1.29, 1.82) is 0 Å². The molecule has 0 saturated heterocycles. The molecule has 0 radical (unpaired) electrons. The van der Waals surface area contributed by atoms with Crippen molar-refractivity contribution in [3.05, 3.63) is 83.2 Å². The van der Waals surface area contributed by atoms with Crippen LogP contribution in [0.1, 0.15) is 36.8 Å². The number of nitrogens with one attached hydrogen (secondary N) is 1. The third-order valence-electron chi connectivity index (χ3n) is 5.60. The number of halogens is 2. The van der Waals surface area contributed by atoms with Gasteiger partial charge in [0.25, 0.3) is 0 Å². The minimum atomic E-state index is -0.266. The van der Waals surface area contributed by atoms with Gasteiger partial charge in [0.15, 0.2) is 0 Å². The number of hydrogen-bond acceptors (Lipinski definition) is 2. The van der Waals surface area contributed by atoms with Crippen molar-refractivity contribution in [2.24, 2.45) is 0 Å². The van der Waals surface area contributed by atoms with E-state index in [1.54, 1.807) is 18.2 Å². The number of carbonyl (C=O) groups is 1. The summed E-state index contributed by atoms with van der Waals surface area (Å²) in [7, 11) is 4.27. The number of nitrogens with zero attached hydrogens (tertiary/aromatic N) is 1. The highest BCUT2D eigenvalue weighted by molar-refractivity contribution is 5.88. The second-order valence-electron chi connectivity index (χ2n) is 7.44. The minimum Gasteiger partial charge on any atom is -0.348 e. The molecule has 0 atom stereocenters. The van der Waals surface area contributed by atoms with E-state index in [4.69, 9.17) is 0 Å². The fraction of sp³-hybridized carbons (Fsp3) is 0.348. The van der Waals surface area contributed by atoms with Crippen LogP contribution in [0.5, 0.6) is 0 Å². The first-order chi connectivity index (χ1) is 13.0. The van der Waals surface area contributed by atoms with E-state index in [0.29, 0.717) is 6.54 Å². The Labute approximate surface area is 173 Å². The van der Waals surface area contributed by atoms with Gasteiger partial charge >= 0.3 is 0 Å². The van der Waals surface area contributed by atoms with Crippen LogP contribution >= 0.6 is 12.4 Å². The Hall–Kier alpha value is -2.17. The summed E-state index contributed by atoms with van der Waals surface area (Å²) in [6, 6.07) is 16.8. The largest absolute Gasteiger partial charge is 0.348 e. The molecule has 0 aliphatic heterocycles. The Morgan fingerprint density at radius 3 is 2.25 bits per heavy atom. The van der Waals surface area contributed by atoms with Crippen LogP contribution in [0.2, 0.25) is 0 Å². The Bertz CT molecular complexity index is 793. The second kappa shape index (κ2) is 9.85. The summed E-state index contributed by atoms with van der Waals surface area (Å²) < 4.78 is 12.9. The Morgan fingerprint density at radius 1 is 1.07 bits per heavy atom. The molecule has 0 unspecified atom stereocenters. The summed E-state index contributed by atoms with van der Waals surface area (Å²) in [6.07, 6.45) is 5.57. The average molecular weight is 403 g/mol. The van der Waals surface area contributed by atoms with Crippen molar-refractivity contribution in [3.8, 4) is 0 Å². The summed E-state index contributed by atoms with van der Waals surface area (Å²) in [5.74, 6) is -0.344. The lowest BCUT2D eigenvalue weighted by atomic mass is 9.74. The molecule has 1 aliphatic carbocycles. The molecule has 1 fully saturated rings. The smallest absolute Gasteiger partial charge is 0.244 e. The molecule has 3 nitrogen and oxygen atoms in total. The van der Waals surface area contributed by atoms with Crippen LogP contribution in [0.3, 0.4) is 0 Å². The van der Waals surface area contributed by atoms with Crippen LogP contribution in [0.4, 0.5) is 4.39 Å². The molecule has 150 valence electrons. The van der Waals surface area contributed by atoms with E-state index in [-0.39, 0.29) is 29.7 Å². The van der Waals surface area contributed by atoms with E-state index in [9.17, 15) is 9.18 Å². The molecule has 0 spiro atoms. The molecule has 1 aliphatic rings. The number of carbonyl (C=O) groups excluding carboxylic acids is 1. The van der Waals surface area contributed by atoms with E-state index in [0.717, 1.165) is 31.2 Å². The van der Waals surface area contributed by atoms with Crippen LogP contribution in [0, 0.1) is 5.82 Å². The molecular formula is C23H28ClFN2O. The second-order valence-corrected chi connectivity index (χ2v) is 7.44. The van der Waals surface area contributed by atoms with Crippen molar-refractivity contribution in [2.75, 3.05) is 14.1 Å². The van der Waals surface area contributed by atoms with Gasteiger partial charge in [0, 0.05) is 18.2 Å². The standard InChI is InChI=1S/C23H27FN2O.ClH/c1-26(2)23(20-6-4-3-5-7-20)14-12-18(13-15-23)16-22(27)25-17-19-8-10-21(24)11-9-19;/h3-11,16H,12-15,17H2,1-2H3,(H,25,27);1H. The first-order valence-corrected chi connectivity index (χ1v) is 9.44. The van der Waals surface area contributed by atoms with Crippen LogP contribution in [-0.4, -0.2) is 24.9 Å². The maximum absolute atomic E-state index is 12.9. The molecule has 5 heteroatoms. The van der Waals surface area contributed by atoms with Gasteiger partial charge in [-0.1, -0.05) is 48.0 Å². The first-order valence-electron chi connectivity index (χ1n) is 9.44. The Balaban J connectivity index is 0.00000280. The predicted molar refractivity (Wildman–Crippen MR) is 114 cm³/mol. The molecule has 2 aromatic rings. The molecule has 0 heterocycles. The molecule has 3 rings (SSSR count). The number of amides is 1. The number of rotatable bonds is 5. The van der Waals surface area contributed by atoms with E-state index in [2.05, 4.69) is 48.6 Å². The Morgan fingerprint density at radius 2 is 1.68 bits per heavy atom. The summed E-state index contributed by atoms with van der Waals surface area (Å²) in [5.41, 5.74) is 3.46. The molecule has 1 amide bonds. The summed E-state index contributed by atoms with van der Waals surface area (Å²) in [4.78, 5) is 14.6. The number of allylic oxidation sites excluding steroid dienone is 1. The molecule has 1 N–H and O–H groups in total. The molecule has 28 heavy (non-hydrogen) atoms. The zero-order chi connectivity index (χ0) is 19.3. The third kappa shape index (κ3) is 5.21. The fourth-order valence-corrected chi connectivity index (χ4v) is 3.90. The van der Waals surface area contributed by atoms with Crippen molar-refractivity contribution >= 4 is 18.3 Å². The van der Waals surface area contributed by atoms with Crippen molar-refractivity contribution < 1.29 is 9.18 Å². The summed E-state index contributed by atoms with van der Waals surface area (Å²) >= 11 is 0. The average Bonchev–Trinajstić information content (AvgIpc) is 2.69. The maximum atomic E-state index is 12.9. The van der Waals surface area contributed by atoms with E-state index in [1.165, 1.54) is 23.3 Å². The van der Waals surface area contributed by atoms with Gasteiger partial charge in [0.1, 0.15) is 5.82 Å². The minimum absolute atomic E-state index is 0. The van der Waals surface area contributed by atoms with Gasteiger partial charge in [-0.3, -0.25) is 9.69 Å². The lowest BCUT2D eigenvalue weighted by Gasteiger charge is -2.44. The van der Waals surface area contributed by atoms with E-state index < -0.39 is 0 Å². The van der Waals surface area contributed by atoms with Gasteiger partial charge in [0.05, 0.1) is 0 Å². The molecule has 2 aromatic carbocycles. The van der Waals surface area contributed by atoms with Crippen LogP contribution in [0.25, 0.3) is 0 Å². The summed E-state index contributed by atoms with van der Waals surface area (Å²) in [6.45, 7) is 0.411. The SMILES string of the molecule is CN(C)C1(c2ccccc2)CCC(=CC(=O)NCc2ccc(F)cc2)CC1.Cl. The van der Waals surface area contributed by atoms with Gasteiger partial charge in [0.2, 0.25) is 5.91 Å².